The molecule has 0 spiro atoms. The number of ether oxygens (including phenoxy) is 1. The van der Waals surface area contributed by atoms with Crippen LogP contribution in [-0.4, -0.2) is 16.6 Å². The number of aromatic nitrogens is 2. The van der Waals surface area contributed by atoms with Crippen molar-refractivity contribution < 1.29 is 13.5 Å². The molecule has 0 radical (unpaired) electrons. The molecule has 7 heteroatoms. The van der Waals surface area contributed by atoms with E-state index in [1.807, 2.05) is 0 Å². The molecule has 4 nitrogen and oxygen atoms in total. The highest BCUT2D eigenvalue weighted by Crippen LogP contribution is 2.36. The molecule has 0 saturated heterocycles. The fourth-order valence-corrected chi connectivity index (χ4v) is 2.40. The van der Waals surface area contributed by atoms with Crippen LogP contribution >= 0.6 is 11.6 Å². The van der Waals surface area contributed by atoms with Crippen molar-refractivity contribution in [1.82, 2.24) is 9.97 Å². The first-order valence-corrected chi connectivity index (χ1v) is 6.38. The molecule has 21 heavy (non-hydrogen) atoms. The van der Waals surface area contributed by atoms with Crippen molar-refractivity contribution >= 4 is 22.6 Å². The second-order valence-corrected chi connectivity index (χ2v) is 4.71. The van der Waals surface area contributed by atoms with Crippen molar-refractivity contribution in [2.75, 3.05) is 0 Å². The number of hydrogen-bond acceptors (Lipinski definition) is 2. The average molecular weight is 311 g/mol. The monoisotopic (exact) mass is 310 g/mol. The molecule has 3 aromatic rings. The third kappa shape index (κ3) is 2.62. The Kier molecular flexibility index (Phi) is 3.39. The Balaban J connectivity index is 2.11. The van der Waals surface area contributed by atoms with Crippen LogP contribution in [0.2, 0.25) is 5.02 Å². The Morgan fingerprint density at radius 2 is 1.86 bits per heavy atom. The van der Waals surface area contributed by atoms with Gasteiger partial charge in [0.05, 0.1) is 16.1 Å². The minimum Gasteiger partial charge on any atom is -0.433 e. The van der Waals surface area contributed by atoms with Gasteiger partial charge in [0.15, 0.2) is 0 Å². The predicted molar refractivity (Wildman–Crippen MR) is 76.0 cm³/mol. The summed E-state index contributed by atoms with van der Waals surface area (Å²) in [6.07, 6.45) is 0. The highest BCUT2D eigenvalue weighted by Gasteiger charge is 2.13. The zero-order valence-electron chi connectivity index (χ0n) is 10.5. The molecule has 0 unspecified atom stereocenters. The molecule has 0 saturated carbocycles. The third-order valence-corrected chi connectivity index (χ3v) is 3.40. The molecule has 1 heterocycles. The Morgan fingerprint density at radius 3 is 2.62 bits per heavy atom. The van der Waals surface area contributed by atoms with E-state index in [-0.39, 0.29) is 16.5 Å². The molecule has 0 fully saturated rings. The van der Waals surface area contributed by atoms with Crippen LogP contribution in [0.5, 0.6) is 5.75 Å². The molecule has 0 aliphatic rings. The van der Waals surface area contributed by atoms with E-state index < -0.39 is 6.61 Å². The van der Waals surface area contributed by atoms with E-state index in [1.165, 1.54) is 6.07 Å². The van der Waals surface area contributed by atoms with Crippen LogP contribution < -0.4 is 10.4 Å². The van der Waals surface area contributed by atoms with E-state index in [1.54, 1.807) is 30.3 Å². The zero-order valence-corrected chi connectivity index (χ0v) is 11.2. The topological polar surface area (TPSA) is 57.9 Å². The van der Waals surface area contributed by atoms with E-state index in [0.29, 0.717) is 22.2 Å². The van der Waals surface area contributed by atoms with Gasteiger partial charge in [-0.25, -0.2) is 4.79 Å². The third-order valence-electron chi connectivity index (χ3n) is 3.01. The van der Waals surface area contributed by atoms with Crippen LogP contribution in [0.3, 0.4) is 0 Å². The first-order chi connectivity index (χ1) is 10.0. The Hall–Kier alpha value is -2.34. The summed E-state index contributed by atoms with van der Waals surface area (Å²) in [4.78, 5) is 16.5. The van der Waals surface area contributed by atoms with Crippen LogP contribution in [0.4, 0.5) is 8.78 Å². The summed E-state index contributed by atoms with van der Waals surface area (Å²) in [6, 6.07) is 9.78. The second kappa shape index (κ2) is 5.21. The molecule has 1 aromatic heterocycles. The number of halogens is 3. The van der Waals surface area contributed by atoms with E-state index in [2.05, 4.69) is 14.7 Å². The normalized spacial score (nSPS) is 11.2. The molecule has 0 bridgehead atoms. The van der Waals surface area contributed by atoms with Gasteiger partial charge in [-0.15, -0.1) is 0 Å². The van der Waals surface area contributed by atoms with Crippen LogP contribution in [0.25, 0.3) is 22.2 Å². The number of benzene rings is 2. The Labute approximate surface area is 122 Å². The van der Waals surface area contributed by atoms with Crippen LogP contribution in [0.1, 0.15) is 0 Å². The molecule has 0 aliphatic heterocycles. The summed E-state index contributed by atoms with van der Waals surface area (Å²) >= 11 is 6.11. The van der Waals surface area contributed by atoms with Crippen LogP contribution in [0, 0.1) is 0 Å². The molecule has 3 rings (SSSR count). The van der Waals surface area contributed by atoms with Gasteiger partial charge in [-0.2, -0.15) is 8.78 Å². The predicted octanol–water partition coefficient (Wildman–Crippen LogP) is 3.78. The smallest absolute Gasteiger partial charge is 0.387 e. The lowest BCUT2D eigenvalue weighted by Gasteiger charge is -2.10. The first-order valence-electron chi connectivity index (χ1n) is 6.00. The number of imidazole rings is 1. The lowest BCUT2D eigenvalue weighted by atomic mass is 10.0. The minimum atomic E-state index is -2.94. The summed E-state index contributed by atoms with van der Waals surface area (Å²) < 4.78 is 29.0. The number of alkyl halides is 2. The number of rotatable bonds is 3. The number of aromatic amines is 2. The van der Waals surface area contributed by atoms with Crippen molar-refractivity contribution in [3.8, 4) is 16.9 Å². The van der Waals surface area contributed by atoms with E-state index in [4.69, 9.17) is 11.6 Å². The fourth-order valence-electron chi connectivity index (χ4n) is 2.12. The fraction of sp³-hybridized carbons (Fsp3) is 0.0714. The highest BCUT2D eigenvalue weighted by molar-refractivity contribution is 6.34. The average Bonchev–Trinajstić information content (AvgIpc) is 2.79. The van der Waals surface area contributed by atoms with Gasteiger partial charge in [-0.3, -0.25) is 0 Å². The van der Waals surface area contributed by atoms with Crippen LogP contribution in [0.15, 0.2) is 41.2 Å². The summed E-state index contributed by atoms with van der Waals surface area (Å²) in [7, 11) is 0. The summed E-state index contributed by atoms with van der Waals surface area (Å²) in [6.45, 7) is -2.94. The van der Waals surface area contributed by atoms with Gasteiger partial charge in [-0.1, -0.05) is 29.8 Å². The number of hydrogen-bond donors (Lipinski definition) is 2. The zero-order chi connectivity index (χ0) is 15.0. The van der Waals surface area contributed by atoms with Crippen molar-refractivity contribution in [1.29, 1.82) is 0 Å². The first kappa shape index (κ1) is 13.6. The Bertz CT molecular complexity index is 858. The molecule has 108 valence electrons. The van der Waals surface area contributed by atoms with E-state index in [0.717, 1.165) is 0 Å². The van der Waals surface area contributed by atoms with Gasteiger partial charge in [-0.05, 0) is 23.8 Å². The molecule has 0 amide bonds. The molecule has 0 atom stereocenters. The maximum Gasteiger partial charge on any atom is 0.387 e. The SMILES string of the molecule is O=c1[nH]c2ccc(-c3cccc(OC(F)F)c3Cl)cc2[nH]1. The standard InChI is InChI=1S/C14H9ClF2N2O2/c15-12-8(2-1-3-11(12)21-13(16)17)7-4-5-9-10(6-7)19-14(20)18-9/h1-6,13H,(H2,18,19,20). The van der Waals surface area contributed by atoms with Gasteiger partial charge in [0, 0.05) is 5.56 Å². The van der Waals surface area contributed by atoms with Gasteiger partial charge in [0.25, 0.3) is 0 Å². The maximum absolute atomic E-state index is 12.3. The van der Waals surface area contributed by atoms with Crippen LogP contribution in [-0.2, 0) is 0 Å². The number of nitrogens with one attached hydrogen (secondary N) is 2. The number of fused-ring (bicyclic) bond motifs is 1. The maximum atomic E-state index is 12.3. The Morgan fingerprint density at radius 1 is 1.10 bits per heavy atom. The second-order valence-electron chi connectivity index (χ2n) is 4.34. The van der Waals surface area contributed by atoms with Crippen molar-refractivity contribution in [3.05, 3.63) is 51.9 Å². The summed E-state index contributed by atoms with van der Waals surface area (Å²) in [5.74, 6) is -0.0909. The van der Waals surface area contributed by atoms with Crippen molar-refractivity contribution in [3.63, 3.8) is 0 Å². The van der Waals surface area contributed by atoms with Gasteiger partial charge < -0.3 is 14.7 Å². The van der Waals surface area contributed by atoms with Gasteiger partial charge >= 0.3 is 12.3 Å². The number of H-pyrrole nitrogens is 2. The van der Waals surface area contributed by atoms with E-state index >= 15 is 0 Å². The molecular weight excluding hydrogens is 302 g/mol. The summed E-state index contributed by atoms with van der Waals surface area (Å²) in [5, 5.41) is 0.0926. The highest BCUT2D eigenvalue weighted by atomic mass is 35.5. The largest absolute Gasteiger partial charge is 0.433 e. The van der Waals surface area contributed by atoms with Crippen molar-refractivity contribution in [2.45, 2.75) is 6.61 Å². The summed E-state index contributed by atoms with van der Waals surface area (Å²) in [5.41, 5.74) is 2.16. The molecule has 2 N–H and O–H groups in total. The van der Waals surface area contributed by atoms with Gasteiger partial charge in [0.2, 0.25) is 0 Å². The van der Waals surface area contributed by atoms with Crippen molar-refractivity contribution in [2.24, 2.45) is 0 Å². The minimum absolute atomic E-state index is 0.0909. The molecular formula is C14H9ClF2N2O2. The molecule has 0 aliphatic carbocycles. The lowest BCUT2D eigenvalue weighted by molar-refractivity contribution is -0.0497. The van der Waals surface area contributed by atoms with E-state index in [9.17, 15) is 13.6 Å². The van der Waals surface area contributed by atoms with Gasteiger partial charge in [0.1, 0.15) is 5.75 Å². The molecule has 2 aromatic carbocycles. The lowest BCUT2D eigenvalue weighted by Crippen LogP contribution is -2.02. The quantitative estimate of drug-likeness (QED) is 0.773.